The van der Waals surface area contributed by atoms with E-state index in [4.69, 9.17) is 0 Å². The topological polar surface area (TPSA) is 37.3 Å². The lowest BCUT2D eigenvalue weighted by Crippen LogP contribution is -2.24. The lowest BCUT2D eigenvalue weighted by atomic mass is 9.94. The first-order valence-electron chi connectivity index (χ1n) is 6.03. The summed E-state index contributed by atoms with van der Waals surface area (Å²) in [5.41, 5.74) is 1.19. The molecule has 0 spiro atoms. The highest BCUT2D eigenvalue weighted by Gasteiger charge is 2.19. The molecule has 0 unspecified atom stereocenters. The predicted molar refractivity (Wildman–Crippen MR) is 69.8 cm³/mol. The maximum Gasteiger partial charge on any atom is 0.160 e. The van der Waals surface area contributed by atoms with Crippen LogP contribution in [0.2, 0.25) is 0 Å². The Hall–Kier alpha value is -1.41. The summed E-state index contributed by atoms with van der Waals surface area (Å²) in [7, 11) is 0. The van der Waals surface area contributed by atoms with Gasteiger partial charge in [-0.05, 0) is 31.4 Å². The minimum atomic E-state index is -0.570. The minimum Gasteiger partial charge on any atom is -0.392 e. The fraction of sp³-hybridized carbons (Fsp3) is 0.400. The molecular weight excluding hydrogens is 212 g/mol. The average molecular weight is 232 g/mol. The van der Waals surface area contributed by atoms with Crippen LogP contribution in [0.5, 0.6) is 0 Å². The molecule has 2 atom stereocenters. The van der Waals surface area contributed by atoms with Crippen molar-refractivity contribution in [1.29, 1.82) is 0 Å². The molecule has 2 nitrogen and oxygen atoms in total. The minimum absolute atomic E-state index is 0.00642. The molecule has 0 aliphatic carbocycles. The molecule has 1 aromatic rings. The van der Waals surface area contributed by atoms with Crippen molar-refractivity contribution in [3.63, 3.8) is 0 Å². The van der Waals surface area contributed by atoms with Crippen molar-refractivity contribution in [3.8, 4) is 0 Å². The highest BCUT2D eigenvalue weighted by Crippen LogP contribution is 2.13. The maximum absolute atomic E-state index is 11.5. The number of allylic oxidation sites excluding steroid dienone is 2. The summed E-state index contributed by atoms with van der Waals surface area (Å²) in [5.74, 6) is -0.331. The fourth-order valence-electron chi connectivity index (χ4n) is 1.71. The van der Waals surface area contributed by atoms with E-state index >= 15 is 0 Å². The average Bonchev–Trinajstić information content (AvgIpc) is 2.36. The van der Waals surface area contributed by atoms with E-state index in [9.17, 15) is 9.90 Å². The molecule has 0 radical (unpaired) electrons. The normalized spacial score (nSPS) is 14.8. The standard InChI is InChI=1S/C15H20O2/c1-3-7-14(16)12(2)15(17)11-10-13-8-5-4-6-9-13/h3-9,12,15,17H,10-11H2,1-2H3/b7-3+/t12-,15-/m1/s1. The summed E-state index contributed by atoms with van der Waals surface area (Å²) in [5, 5.41) is 9.92. The number of aryl methyl sites for hydroxylation is 1. The number of carbonyl (C=O) groups is 1. The van der Waals surface area contributed by atoms with Gasteiger partial charge in [0, 0.05) is 5.92 Å². The second-order valence-corrected chi connectivity index (χ2v) is 4.28. The zero-order chi connectivity index (χ0) is 12.7. The van der Waals surface area contributed by atoms with Crippen LogP contribution in [0, 0.1) is 5.92 Å². The van der Waals surface area contributed by atoms with Gasteiger partial charge in [0.15, 0.2) is 5.78 Å². The van der Waals surface area contributed by atoms with Crippen LogP contribution in [0.1, 0.15) is 25.8 Å². The van der Waals surface area contributed by atoms with Crippen LogP contribution in [-0.4, -0.2) is 17.0 Å². The van der Waals surface area contributed by atoms with Gasteiger partial charge in [-0.1, -0.05) is 43.3 Å². The van der Waals surface area contributed by atoms with Gasteiger partial charge >= 0.3 is 0 Å². The highest BCUT2D eigenvalue weighted by atomic mass is 16.3. The van der Waals surface area contributed by atoms with E-state index in [0.717, 1.165) is 6.42 Å². The first-order chi connectivity index (χ1) is 8.15. The molecule has 92 valence electrons. The Morgan fingerprint density at radius 1 is 1.35 bits per heavy atom. The van der Waals surface area contributed by atoms with E-state index in [1.165, 1.54) is 11.6 Å². The number of carbonyl (C=O) groups excluding carboxylic acids is 1. The second kappa shape index (κ2) is 7.02. The molecule has 0 fully saturated rings. The van der Waals surface area contributed by atoms with Gasteiger partial charge in [-0.3, -0.25) is 4.79 Å². The second-order valence-electron chi connectivity index (χ2n) is 4.28. The number of benzene rings is 1. The Morgan fingerprint density at radius 2 is 2.00 bits per heavy atom. The number of hydrogen-bond acceptors (Lipinski definition) is 2. The molecule has 0 saturated carbocycles. The SMILES string of the molecule is C/C=C/C(=O)[C@@H](C)[C@H](O)CCc1ccccc1. The smallest absolute Gasteiger partial charge is 0.160 e. The lowest BCUT2D eigenvalue weighted by Gasteiger charge is -2.16. The van der Waals surface area contributed by atoms with Crippen LogP contribution in [-0.2, 0) is 11.2 Å². The van der Waals surface area contributed by atoms with Crippen molar-refractivity contribution in [2.75, 3.05) is 0 Å². The summed E-state index contributed by atoms with van der Waals surface area (Å²) in [4.78, 5) is 11.5. The number of aliphatic hydroxyl groups excluding tert-OH is 1. The van der Waals surface area contributed by atoms with Gasteiger partial charge in [0.05, 0.1) is 6.10 Å². The molecule has 0 saturated heterocycles. The molecule has 0 aliphatic heterocycles. The molecule has 2 heteroatoms. The van der Waals surface area contributed by atoms with E-state index in [1.807, 2.05) is 30.3 Å². The third-order valence-electron chi connectivity index (χ3n) is 2.93. The number of ketones is 1. The molecule has 0 aromatic heterocycles. The first kappa shape index (κ1) is 13.7. The quantitative estimate of drug-likeness (QED) is 0.766. The summed E-state index contributed by atoms with van der Waals surface area (Å²) < 4.78 is 0. The molecule has 0 bridgehead atoms. The van der Waals surface area contributed by atoms with Gasteiger partial charge in [-0.2, -0.15) is 0 Å². The summed E-state index contributed by atoms with van der Waals surface area (Å²) in [6.07, 6.45) is 4.09. The van der Waals surface area contributed by atoms with E-state index < -0.39 is 6.10 Å². The van der Waals surface area contributed by atoms with Gasteiger partial charge in [0.25, 0.3) is 0 Å². The van der Waals surface area contributed by atoms with Gasteiger partial charge in [-0.25, -0.2) is 0 Å². The third kappa shape index (κ3) is 4.53. The van der Waals surface area contributed by atoms with E-state index in [-0.39, 0.29) is 11.7 Å². The number of rotatable bonds is 6. The van der Waals surface area contributed by atoms with Crippen molar-refractivity contribution in [3.05, 3.63) is 48.0 Å². The maximum atomic E-state index is 11.5. The fourth-order valence-corrected chi connectivity index (χ4v) is 1.71. The predicted octanol–water partition coefficient (Wildman–Crippen LogP) is 2.76. The lowest BCUT2D eigenvalue weighted by molar-refractivity contribution is -0.120. The van der Waals surface area contributed by atoms with Gasteiger partial charge in [0.2, 0.25) is 0 Å². The first-order valence-corrected chi connectivity index (χ1v) is 6.03. The van der Waals surface area contributed by atoms with Gasteiger partial charge in [-0.15, -0.1) is 0 Å². The van der Waals surface area contributed by atoms with Crippen molar-refractivity contribution in [1.82, 2.24) is 0 Å². The largest absolute Gasteiger partial charge is 0.392 e. The van der Waals surface area contributed by atoms with E-state index in [0.29, 0.717) is 6.42 Å². The Balaban J connectivity index is 2.44. The Kier molecular flexibility index (Phi) is 5.64. The molecule has 0 aliphatic rings. The van der Waals surface area contributed by atoms with Crippen LogP contribution in [0.4, 0.5) is 0 Å². The third-order valence-corrected chi connectivity index (χ3v) is 2.93. The molecule has 1 rings (SSSR count). The van der Waals surface area contributed by atoms with Crippen LogP contribution in [0.25, 0.3) is 0 Å². The number of aliphatic hydroxyl groups is 1. The van der Waals surface area contributed by atoms with Crippen molar-refractivity contribution in [2.45, 2.75) is 32.8 Å². The number of hydrogen-bond donors (Lipinski definition) is 1. The van der Waals surface area contributed by atoms with Crippen molar-refractivity contribution >= 4 is 5.78 Å². The molecule has 1 N–H and O–H groups in total. The molecule has 0 heterocycles. The zero-order valence-electron chi connectivity index (χ0n) is 10.5. The van der Waals surface area contributed by atoms with Crippen LogP contribution in [0.3, 0.4) is 0 Å². The van der Waals surface area contributed by atoms with Crippen molar-refractivity contribution < 1.29 is 9.90 Å². The monoisotopic (exact) mass is 232 g/mol. The Bertz CT molecular complexity index is 368. The van der Waals surface area contributed by atoms with E-state index in [1.54, 1.807) is 19.9 Å². The Labute approximate surface area is 103 Å². The Morgan fingerprint density at radius 3 is 2.59 bits per heavy atom. The highest BCUT2D eigenvalue weighted by molar-refractivity contribution is 5.91. The summed E-state index contributed by atoms with van der Waals surface area (Å²) in [6, 6.07) is 10.0. The molecule has 1 aromatic carbocycles. The van der Waals surface area contributed by atoms with Crippen LogP contribution >= 0.6 is 0 Å². The van der Waals surface area contributed by atoms with Gasteiger partial charge < -0.3 is 5.11 Å². The van der Waals surface area contributed by atoms with Gasteiger partial charge in [0.1, 0.15) is 0 Å². The van der Waals surface area contributed by atoms with Crippen molar-refractivity contribution in [2.24, 2.45) is 5.92 Å². The summed E-state index contributed by atoms with van der Waals surface area (Å²) >= 11 is 0. The summed E-state index contributed by atoms with van der Waals surface area (Å²) in [6.45, 7) is 3.58. The van der Waals surface area contributed by atoms with Crippen LogP contribution < -0.4 is 0 Å². The molecule has 17 heavy (non-hydrogen) atoms. The van der Waals surface area contributed by atoms with Crippen LogP contribution in [0.15, 0.2) is 42.5 Å². The zero-order valence-corrected chi connectivity index (χ0v) is 10.5. The molecule has 0 amide bonds. The molecular formula is C15H20O2. The van der Waals surface area contributed by atoms with E-state index in [2.05, 4.69) is 0 Å².